The molecule has 0 saturated carbocycles. The highest BCUT2D eigenvalue weighted by atomic mass is 31.2. The Labute approximate surface area is 52.5 Å². The van der Waals surface area contributed by atoms with E-state index < -0.39 is 7.82 Å². The lowest BCUT2D eigenvalue weighted by Gasteiger charge is -2.09. The van der Waals surface area contributed by atoms with Gasteiger partial charge in [-0.15, -0.1) is 0 Å². The van der Waals surface area contributed by atoms with Crippen molar-refractivity contribution in [3.8, 4) is 0 Å². The normalized spacial score (nSPS) is 17.2. The molecule has 0 aromatic carbocycles. The van der Waals surface area contributed by atoms with Crippen molar-refractivity contribution < 1.29 is 24.0 Å². The number of hydrogen-bond donors (Lipinski definition) is 3. The summed E-state index contributed by atoms with van der Waals surface area (Å²) < 4.78 is 13.6. The third kappa shape index (κ3) is 17.9. The molecule has 0 aromatic heterocycles. The summed E-state index contributed by atoms with van der Waals surface area (Å²) in [5, 5.41) is 0. The van der Waals surface area contributed by atoms with Crippen LogP contribution in [0.4, 0.5) is 0 Å². The van der Waals surface area contributed by atoms with Crippen LogP contribution in [0.1, 0.15) is 6.42 Å². The minimum atomic E-state index is -4.64. The van der Waals surface area contributed by atoms with Gasteiger partial charge in [-0.05, 0) is 6.42 Å². The Hall–Kier alpha value is 0.0700. The van der Waals surface area contributed by atoms with Crippen LogP contribution in [0.25, 0.3) is 0 Å². The molecule has 1 saturated heterocycles. The maximum atomic E-state index is 8.88. The first-order valence-electron chi connectivity index (χ1n) is 2.36. The topological polar surface area (TPSA) is 87.0 Å². The van der Waals surface area contributed by atoms with Crippen molar-refractivity contribution >= 4 is 7.82 Å². The van der Waals surface area contributed by atoms with E-state index in [4.69, 9.17) is 24.0 Å². The lowest BCUT2D eigenvalue weighted by atomic mass is 10.4. The number of ether oxygens (including phenoxy) is 1. The van der Waals surface area contributed by atoms with E-state index in [9.17, 15) is 0 Å². The summed E-state index contributed by atoms with van der Waals surface area (Å²) in [6.45, 7) is 2.00. The maximum absolute atomic E-state index is 8.88. The molecule has 9 heavy (non-hydrogen) atoms. The fourth-order valence-electron chi connectivity index (χ4n) is 0.144. The van der Waals surface area contributed by atoms with Gasteiger partial charge in [0.15, 0.2) is 0 Å². The highest BCUT2D eigenvalue weighted by molar-refractivity contribution is 7.45. The van der Waals surface area contributed by atoms with Crippen molar-refractivity contribution in [3.05, 3.63) is 0 Å². The summed E-state index contributed by atoms with van der Waals surface area (Å²) in [6.07, 6.45) is 1.28. The zero-order chi connectivity index (χ0) is 7.33. The molecule has 1 heterocycles. The third-order valence-corrected chi connectivity index (χ3v) is 0.577. The molecule has 0 aromatic rings. The predicted octanol–water partition coefficient (Wildman–Crippen LogP) is -0.522. The molecular formula is C3H9O5P. The monoisotopic (exact) mass is 156 g/mol. The summed E-state index contributed by atoms with van der Waals surface area (Å²) in [6, 6.07) is 0. The van der Waals surface area contributed by atoms with Crippen LogP contribution in [0.3, 0.4) is 0 Å². The SMILES string of the molecule is C1COC1.O=P(O)(O)O. The van der Waals surface area contributed by atoms with E-state index in [0.717, 1.165) is 13.2 Å². The van der Waals surface area contributed by atoms with Crippen LogP contribution in [0.2, 0.25) is 0 Å². The van der Waals surface area contributed by atoms with E-state index in [2.05, 4.69) is 0 Å². The molecule has 1 rings (SSSR count). The van der Waals surface area contributed by atoms with E-state index in [1.54, 1.807) is 0 Å². The quantitative estimate of drug-likeness (QED) is 0.410. The van der Waals surface area contributed by atoms with Crippen LogP contribution in [0.15, 0.2) is 0 Å². The fraction of sp³-hybridized carbons (Fsp3) is 1.00. The van der Waals surface area contributed by atoms with Gasteiger partial charge < -0.3 is 19.4 Å². The highest BCUT2D eigenvalue weighted by Crippen LogP contribution is 2.25. The van der Waals surface area contributed by atoms with Crippen LogP contribution in [0, 0.1) is 0 Å². The maximum Gasteiger partial charge on any atom is 0.466 e. The van der Waals surface area contributed by atoms with Gasteiger partial charge in [0.1, 0.15) is 0 Å². The van der Waals surface area contributed by atoms with Crippen LogP contribution >= 0.6 is 7.82 Å². The lowest BCUT2D eigenvalue weighted by Crippen LogP contribution is -2.09. The molecule has 0 unspecified atom stereocenters. The molecule has 0 radical (unpaired) electrons. The molecule has 0 aliphatic carbocycles. The molecule has 1 fully saturated rings. The molecule has 5 nitrogen and oxygen atoms in total. The average molecular weight is 156 g/mol. The lowest BCUT2D eigenvalue weighted by molar-refractivity contribution is 0.0367. The van der Waals surface area contributed by atoms with Crippen molar-refractivity contribution in [3.63, 3.8) is 0 Å². The van der Waals surface area contributed by atoms with Gasteiger partial charge in [-0.3, -0.25) is 0 Å². The van der Waals surface area contributed by atoms with Gasteiger partial charge in [-0.25, -0.2) is 4.57 Å². The second-order valence-corrected chi connectivity index (χ2v) is 2.51. The molecular weight excluding hydrogens is 147 g/mol. The summed E-state index contributed by atoms with van der Waals surface area (Å²) in [5.74, 6) is 0. The second-order valence-electron chi connectivity index (χ2n) is 1.48. The summed E-state index contributed by atoms with van der Waals surface area (Å²) >= 11 is 0. The van der Waals surface area contributed by atoms with Crippen LogP contribution < -0.4 is 0 Å². The van der Waals surface area contributed by atoms with E-state index in [1.165, 1.54) is 6.42 Å². The zero-order valence-electron chi connectivity index (χ0n) is 4.73. The molecule has 56 valence electrons. The Morgan fingerprint density at radius 3 is 1.33 bits per heavy atom. The number of rotatable bonds is 0. The van der Waals surface area contributed by atoms with Crippen LogP contribution in [-0.4, -0.2) is 27.9 Å². The Kier molecular flexibility index (Phi) is 4.01. The molecule has 6 heteroatoms. The Morgan fingerprint density at radius 2 is 1.33 bits per heavy atom. The van der Waals surface area contributed by atoms with Crippen molar-refractivity contribution in [2.45, 2.75) is 6.42 Å². The molecule has 0 atom stereocenters. The standard InChI is InChI=1S/C3H6O.H3O4P/c1-2-4-3-1;1-5(2,3)4/h1-3H2;(H3,1,2,3,4). The van der Waals surface area contributed by atoms with Crippen molar-refractivity contribution in [1.82, 2.24) is 0 Å². The van der Waals surface area contributed by atoms with Gasteiger partial charge in [-0.2, -0.15) is 0 Å². The van der Waals surface area contributed by atoms with Crippen molar-refractivity contribution in [2.75, 3.05) is 13.2 Å². The first kappa shape index (κ1) is 9.07. The molecule has 3 N–H and O–H groups in total. The minimum Gasteiger partial charge on any atom is -0.381 e. The fourth-order valence-corrected chi connectivity index (χ4v) is 0.144. The molecule has 1 aliphatic rings. The predicted molar refractivity (Wildman–Crippen MR) is 29.7 cm³/mol. The summed E-state index contributed by atoms with van der Waals surface area (Å²) in [7, 11) is -4.64. The van der Waals surface area contributed by atoms with E-state index in [1.807, 2.05) is 0 Å². The average Bonchev–Trinajstić information content (AvgIpc) is 1.12. The summed E-state index contributed by atoms with van der Waals surface area (Å²) in [4.78, 5) is 21.6. The number of phosphoric acid groups is 1. The van der Waals surface area contributed by atoms with Gasteiger partial charge in [-0.1, -0.05) is 0 Å². The van der Waals surface area contributed by atoms with E-state index in [-0.39, 0.29) is 0 Å². The van der Waals surface area contributed by atoms with Crippen LogP contribution in [0.5, 0.6) is 0 Å². The first-order chi connectivity index (χ1) is 4.00. The second kappa shape index (κ2) is 3.98. The Morgan fingerprint density at radius 1 is 1.22 bits per heavy atom. The van der Waals surface area contributed by atoms with Crippen molar-refractivity contribution in [2.24, 2.45) is 0 Å². The molecule has 1 aliphatic heterocycles. The largest absolute Gasteiger partial charge is 0.466 e. The first-order valence-corrected chi connectivity index (χ1v) is 3.93. The van der Waals surface area contributed by atoms with Gasteiger partial charge in [0.05, 0.1) is 0 Å². The van der Waals surface area contributed by atoms with Gasteiger partial charge in [0, 0.05) is 13.2 Å². The highest BCUT2D eigenvalue weighted by Gasteiger charge is 2.00. The molecule has 0 spiro atoms. The Balaban J connectivity index is 0.000000144. The molecule has 0 bridgehead atoms. The van der Waals surface area contributed by atoms with Gasteiger partial charge in [0.25, 0.3) is 0 Å². The van der Waals surface area contributed by atoms with Crippen LogP contribution in [-0.2, 0) is 9.30 Å². The van der Waals surface area contributed by atoms with Gasteiger partial charge >= 0.3 is 7.82 Å². The number of hydrogen-bond acceptors (Lipinski definition) is 2. The molecule has 0 amide bonds. The Bertz CT molecular complexity index is 90.5. The summed E-state index contributed by atoms with van der Waals surface area (Å²) in [5.41, 5.74) is 0. The smallest absolute Gasteiger partial charge is 0.381 e. The van der Waals surface area contributed by atoms with E-state index >= 15 is 0 Å². The van der Waals surface area contributed by atoms with Gasteiger partial charge in [0.2, 0.25) is 0 Å². The van der Waals surface area contributed by atoms with Crippen molar-refractivity contribution in [1.29, 1.82) is 0 Å². The zero-order valence-corrected chi connectivity index (χ0v) is 5.62. The third-order valence-electron chi connectivity index (χ3n) is 0.577. The van der Waals surface area contributed by atoms with E-state index in [0.29, 0.717) is 0 Å². The minimum absolute atomic E-state index is 1.00.